The molecule has 0 radical (unpaired) electrons. The Balaban J connectivity index is 1.62. The van der Waals surface area contributed by atoms with Gasteiger partial charge in [-0.2, -0.15) is 5.10 Å². The summed E-state index contributed by atoms with van der Waals surface area (Å²) in [6, 6.07) is 29.2. The maximum absolute atomic E-state index is 13.0. The van der Waals surface area contributed by atoms with Crippen LogP contribution in [0.3, 0.4) is 0 Å². The largest absolute Gasteiger partial charge is 0.272 e. The number of hydrogen-bond donors (Lipinski definition) is 1. The van der Waals surface area contributed by atoms with E-state index in [1.807, 2.05) is 110 Å². The first-order valence-electron chi connectivity index (χ1n) is 9.74. The fraction of sp³-hybridized carbons (Fsp3) is 0.0385. The fourth-order valence-corrected chi connectivity index (χ4v) is 3.14. The van der Waals surface area contributed by atoms with E-state index in [9.17, 15) is 4.79 Å². The second-order valence-electron chi connectivity index (χ2n) is 6.88. The first-order valence-corrected chi connectivity index (χ1v) is 9.74. The number of para-hydroxylation sites is 1. The molecular weight excluding hydrogens is 370 g/mol. The van der Waals surface area contributed by atoms with Gasteiger partial charge in [0.25, 0.3) is 5.91 Å². The average Bonchev–Trinajstić information content (AvgIpc) is 2.81. The van der Waals surface area contributed by atoms with Gasteiger partial charge in [0, 0.05) is 10.9 Å². The molecule has 4 heteroatoms. The van der Waals surface area contributed by atoms with E-state index < -0.39 is 0 Å². The van der Waals surface area contributed by atoms with Crippen molar-refractivity contribution < 1.29 is 4.79 Å². The van der Waals surface area contributed by atoms with Gasteiger partial charge in [0.15, 0.2) is 0 Å². The Kier molecular flexibility index (Phi) is 5.76. The van der Waals surface area contributed by atoms with E-state index in [0.717, 1.165) is 27.7 Å². The normalized spacial score (nSPS) is 11.7. The Morgan fingerprint density at radius 3 is 2.33 bits per heavy atom. The van der Waals surface area contributed by atoms with Crippen molar-refractivity contribution in [3.63, 3.8) is 0 Å². The lowest BCUT2D eigenvalue weighted by atomic mass is 10.0. The van der Waals surface area contributed by atoms with Crippen molar-refractivity contribution in [2.24, 2.45) is 5.10 Å². The molecule has 0 bridgehead atoms. The summed E-state index contributed by atoms with van der Waals surface area (Å²) in [5.41, 5.74) is 7.48. The molecule has 1 aromatic heterocycles. The fourth-order valence-electron chi connectivity index (χ4n) is 3.14. The molecule has 1 heterocycles. The zero-order valence-corrected chi connectivity index (χ0v) is 16.6. The van der Waals surface area contributed by atoms with Crippen LogP contribution in [0, 0.1) is 0 Å². The van der Waals surface area contributed by atoms with Gasteiger partial charge in [-0.1, -0.05) is 84.9 Å². The first kappa shape index (κ1) is 19.3. The van der Waals surface area contributed by atoms with E-state index in [1.165, 1.54) is 0 Å². The third-order valence-electron chi connectivity index (χ3n) is 4.68. The van der Waals surface area contributed by atoms with Crippen molar-refractivity contribution in [1.82, 2.24) is 10.4 Å². The highest BCUT2D eigenvalue weighted by Crippen LogP contribution is 2.24. The van der Waals surface area contributed by atoms with Gasteiger partial charge in [0.2, 0.25) is 0 Å². The highest BCUT2D eigenvalue weighted by atomic mass is 16.2. The lowest BCUT2D eigenvalue weighted by Crippen LogP contribution is -2.19. The van der Waals surface area contributed by atoms with Crippen molar-refractivity contribution in [1.29, 1.82) is 0 Å². The Morgan fingerprint density at radius 2 is 1.57 bits per heavy atom. The van der Waals surface area contributed by atoms with Crippen molar-refractivity contribution in [3.05, 3.63) is 108 Å². The summed E-state index contributed by atoms with van der Waals surface area (Å²) in [4.78, 5) is 17.7. The van der Waals surface area contributed by atoms with Gasteiger partial charge in [-0.05, 0) is 30.7 Å². The minimum Gasteiger partial charge on any atom is -0.267 e. The van der Waals surface area contributed by atoms with Crippen LogP contribution in [0.5, 0.6) is 0 Å². The molecule has 0 saturated carbocycles. The molecule has 0 aliphatic carbocycles. The lowest BCUT2D eigenvalue weighted by Gasteiger charge is -2.09. The Labute approximate surface area is 175 Å². The highest BCUT2D eigenvalue weighted by molar-refractivity contribution is 6.07. The van der Waals surface area contributed by atoms with Crippen LogP contribution in [-0.4, -0.2) is 16.6 Å². The van der Waals surface area contributed by atoms with Crippen LogP contribution >= 0.6 is 0 Å². The van der Waals surface area contributed by atoms with E-state index >= 15 is 0 Å². The summed E-state index contributed by atoms with van der Waals surface area (Å²) >= 11 is 0. The molecule has 0 unspecified atom stereocenters. The SMILES string of the molecule is CC(/C=C/c1ccccc1)=N/NC(=O)c1cc(-c2ccccc2)nc2ccccc12. The van der Waals surface area contributed by atoms with Crippen LogP contribution in [0.15, 0.2) is 102 Å². The lowest BCUT2D eigenvalue weighted by molar-refractivity contribution is 0.0956. The number of nitrogens with zero attached hydrogens (tertiary/aromatic N) is 2. The number of allylic oxidation sites excluding steroid dienone is 1. The molecule has 4 aromatic rings. The molecule has 0 aliphatic rings. The van der Waals surface area contributed by atoms with E-state index in [4.69, 9.17) is 4.98 Å². The molecule has 0 fully saturated rings. The van der Waals surface area contributed by atoms with Gasteiger partial charge in [0.1, 0.15) is 0 Å². The Bertz CT molecular complexity index is 1230. The minimum atomic E-state index is -0.266. The number of hydrogen-bond acceptors (Lipinski definition) is 3. The highest BCUT2D eigenvalue weighted by Gasteiger charge is 2.13. The van der Waals surface area contributed by atoms with Gasteiger partial charge in [-0.15, -0.1) is 0 Å². The zero-order valence-electron chi connectivity index (χ0n) is 16.6. The summed E-state index contributed by atoms with van der Waals surface area (Å²) in [5.74, 6) is -0.266. The molecule has 4 rings (SSSR count). The molecule has 0 spiro atoms. The number of benzene rings is 3. The Morgan fingerprint density at radius 1 is 0.900 bits per heavy atom. The van der Waals surface area contributed by atoms with Gasteiger partial charge < -0.3 is 0 Å². The molecule has 0 saturated heterocycles. The van der Waals surface area contributed by atoms with Crippen LogP contribution < -0.4 is 5.43 Å². The maximum Gasteiger partial charge on any atom is 0.272 e. The number of amides is 1. The van der Waals surface area contributed by atoms with Crippen LogP contribution in [0.2, 0.25) is 0 Å². The quantitative estimate of drug-likeness (QED) is 0.349. The molecule has 0 atom stereocenters. The molecule has 4 nitrogen and oxygen atoms in total. The summed E-state index contributed by atoms with van der Waals surface area (Å²) in [6.07, 6.45) is 3.83. The van der Waals surface area contributed by atoms with E-state index in [0.29, 0.717) is 11.3 Å². The summed E-state index contributed by atoms with van der Waals surface area (Å²) < 4.78 is 0. The number of carbonyl (C=O) groups is 1. The van der Waals surface area contributed by atoms with Crippen LogP contribution in [0.25, 0.3) is 28.2 Å². The van der Waals surface area contributed by atoms with Crippen molar-refractivity contribution in [2.45, 2.75) is 6.92 Å². The number of nitrogens with one attached hydrogen (secondary N) is 1. The predicted octanol–water partition coefficient (Wildman–Crippen LogP) is 5.72. The molecule has 3 aromatic carbocycles. The smallest absolute Gasteiger partial charge is 0.267 e. The maximum atomic E-state index is 13.0. The number of aromatic nitrogens is 1. The molecule has 1 amide bonds. The molecular formula is C26H21N3O. The van der Waals surface area contributed by atoms with Gasteiger partial charge in [-0.25, -0.2) is 10.4 Å². The monoisotopic (exact) mass is 391 g/mol. The van der Waals surface area contributed by atoms with Gasteiger partial charge in [0.05, 0.1) is 22.5 Å². The van der Waals surface area contributed by atoms with Crippen LogP contribution in [0.4, 0.5) is 0 Å². The third kappa shape index (κ3) is 4.50. The topological polar surface area (TPSA) is 54.4 Å². The molecule has 0 aliphatic heterocycles. The predicted molar refractivity (Wildman–Crippen MR) is 123 cm³/mol. The van der Waals surface area contributed by atoms with Crippen LogP contribution in [0.1, 0.15) is 22.8 Å². The minimum absolute atomic E-state index is 0.266. The molecule has 146 valence electrons. The molecule has 1 N–H and O–H groups in total. The zero-order chi connectivity index (χ0) is 20.8. The van der Waals surface area contributed by atoms with Crippen LogP contribution in [-0.2, 0) is 0 Å². The van der Waals surface area contributed by atoms with Crippen molar-refractivity contribution in [2.75, 3.05) is 0 Å². The second kappa shape index (κ2) is 8.97. The third-order valence-corrected chi connectivity index (χ3v) is 4.68. The Hall–Kier alpha value is -4.05. The number of hydrazone groups is 1. The standard InChI is InChI=1S/C26H21N3O/c1-19(16-17-20-10-4-2-5-11-20)28-29-26(30)23-18-25(21-12-6-3-7-13-21)27-24-15-9-8-14-22(23)24/h2-18H,1H3,(H,29,30)/b17-16+,28-19-. The number of pyridine rings is 1. The summed E-state index contributed by atoms with van der Waals surface area (Å²) in [6.45, 7) is 1.85. The van der Waals surface area contributed by atoms with E-state index in [1.54, 1.807) is 0 Å². The summed E-state index contributed by atoms with van der Waals surface area (Å²) in [7, 11) is 0. The van der Waals surface area contributed by atoms with E-state index in [2.05, 4.69) is 10.5 Å². The second-order valence-corrected chi connectivity index (χ2v) is 6.88. The first-order chi connectivity index (χ1) is 14.7. The number of rotatable bonds is 5. The van der Waals surface area contributed by atoms with Gasteiger partial charge >= 0.3 is 0 Å². The number of fused-ring (bicyclic) bond motifs is 1. The number of carbonyl (C=O) groups excluding carboxylic acids is 1. The van der Waals surface area contributed by atoms with Crippen molar-refractivity contribution in [3.8, 4) is 11.3 Å². The molecule has 30 heavy (non-hydrogen) atoms. The van der Waals surface area contributed by atoms with Crippen molar-refractivity contribution >= 4 is 28.6 Å². The summed E-state index contributed by atoms with van der Waals surface area (Å²) in [5, 5.41) is 5.03. The van der Waals surface area contributed by atoms with E-state index in [-0.39, 0.29) is 5.91 Å². The average molecular weight is 391 g/mol. The van der Waals surface area contributed by atoms with Gasteiger partial charge in [-0.3, -0.25) is 4.79 Å².